The van der Waals surface area contributed by atoms with Gasteiger partial charge in [0.1, 0.15) is 5.56 Å². The summed E-state index contributed by atoms with van der Waals surface area (Å²) in [6.45, 7) is 2.94. The van der Waals surface area contributed by atoms with Crippen LogP contribution in [0, 0.1) is 0 Å². The molecule has 1 aromatic carbocycles. The molecule has 1 aromatic heterocycles. The number of methoxy groups -OCH3 is 3. The van der Waals surface area contributed by atoms with Crippen LogP contribution in [-0.4, -0.2) is 43.7 Å². The quantitative estimate of drug-likeness (QED) is 0.781. The highest BCUT2D eigenvalue weighted by Gasteiger charge is 2.19. The van der Waals surface area contributed by atoms with E-state index in [0.29, 0.717) is 36.0 Å². The molecular formula is C18H22N2O4. The van der Waals surface area contributed by atoms with Crippen molar-refractivity contribution in [1.82, 2.24) is 9.88 Å². The van der Waals surface area contributed by atoms with E-state index >= 15 is 0 Å². The van der Waals surface area contributed by atoms with Gasteiger partial charge in [0.05, 0.1) is 21.3 Å². The van der Waals surface area contributed by atoms with Crippen molar-refractivity contribution in [1.29, 1.82) is 0 Å². The molecular weight excluding hydrogens is 308 g/mol. The first-order valence-corrected chi connectivity index (χ1v) is 7.63. The summed E-state index contributed by atoms with van der Waals surface area (Å²) in [5, 5.41) is 0. The van der Waals surface area contributed by atoms with Gasteiger partial charge in [-0.2, -0.15) is 0 Å². The summed E-state index contributed by atoms with van der Waals surface area (Å²) in [6.07, 6.45) is 1.60. The van der Waals surface area contributed by atoms with Gasteiger partial charge in [-0.1, -0.05) is 6.07 Å². The van der Waals surface area contributed by atoms with Gasteiger partial charge in [0, 0.05) is 19.3 Å². The predicted octanol–water partition coefficient (Wildman–Crippen LogP) is 2.77. The monoisotopic (exact) mass is 330 g/mol. The van der Waals surface area contributed by atoms with Gasteiger partial charge < -0.3 is 19.1 Å². The van der Waals surface area contributed by atoms with E-state index in [0.717, 1.165) is 5.56 Å². The lowest BCUT2D eigenvalue weighted by Crippen LogP contribution is -2.30. The molecule has 6 nitrogen and oxygen atoms in total. The molecule has 0 saturated carbocycles. The summed E-state index contributed by atoms with van der Waals surface area (Å²) in [6, 6.07) is 9.05. The Morgan fingerprint density at radius 2 is 1.83 bits per heavy atom. The summed E-state index contributed by atoms with van der Waals surface area (Å²) >= 11 is 0. The zero-order valence-electron chi connectivity index (χ0n) is 14.4. The van der Waals surface area contributed by atoms with Crippen LogP contribution in [-0.2, 0) is 6.54 Å². The molecule has 0 atom stereocenters. The van der Waals surface area contributed by atoms with Gasteiger partial charge in [-0.25, -0.2) is 4.98 Å². The van der Waals surface area contributed by atoms with Crippen LogP contribution in [0.3, 0.4) is 0 Å². The van der Waals surface area contributed by atoms with E-state index in [4.69, 9.17) is 14.2 Å². The number of carbonyl (C=O) groups excluding carboxylic acids is 1. The number of amides is 1. The number of nitrogens with zero attached hydrogens (tertiary/aromatic N) is 2. The van der Waals surface area contributed by atoms with Crippen molar-refractivity contribution in [2.45, 2.75) is 13.5 Å². The summed E-state index contributed by atoms with van der Waals surface area (Å²) in [7, 11) is 4.68. The van der Waals surface area contributed by atoms with Crippen molar-refractivity contribution in [3.8, 4) is 17.4 Å². The SMILES string of the molecule is CCN(Cc1ccc(OC)c(OC)c1)C(=O)c1cccnc1OC. The highest BCUT2D eigenvalue weighted by atomic mass is 16.5. The number of hydrogen-bond acceptors (Lipinski definition) is 5. The summed E-state index contributed by atoms with van der Waals surface area (Å²) in [5.41, 5.74) is 1.40. The number of ether oxygens (including phenoxy) is 3. The van der Waals surface area contributed by atoms with Gasteiger partial charge in [0.25, 0.3) is 5.91 Å². The average Bonchev–Trinajstić information content (AvgIpc) is 2.65. The smallest absolute Gasteiger partial charge is 0.259 e. The molecule has 2 rings (SSSR count). The summed E-state index contributed by atoms with van der Waals surface area (Å²) in [4.78, 5) is 18.6. The Balaban J connectivity index is 2.24. The second-order valence-corrected chi connectivity index (χ2v) is 5.07. The fourth-order valence-electron chi connectivity index (χ4n) is 2.41. The fraction of sp³-hybridized carbons (Fsp3) is 0.333. The molecule has 0 fully saturated rings. The van der Waals surface area contributed by atoms with Crippen LogP contribution in [0.4, 0.5) is 0 Å². The first-order chi connectivity index (χ1) is 11.6. The van der Waals surface area contributed by atoms with E-state index in [1.54, 1.807) is 37.4 Å². The van der Waals surface area contributed by atoms with E-state index in [1.165, 1.54) is 7.11 Å². The van der Waals surface area contributed by atoms with Gasteiger partial charge in [0.15, 0.2) is 11.5 Å². The number of rotatable bonds is 7. The Labute approximate surface area is 142 Å². The minimum absolute atomic E-state index is 0.128. The van der Waals surface area contributed by atoms with Crippen LogP contribution in [0.2, 0.25) is 0 Å². The van der Waals surface area contributed by atoms with Crippen LogP contribution in [0.1, 0.15) is 22.8 Å². The zero-order chi connectivity index (χ0) is 17.5. The molecule has 0 aliphatic carbocycles. The second-order valence-electron chi connectivity index (χ2n) is 5.07. The molecule has 1 amide bonds. The zero-order valence-corrected chi connectivity index (χ0v) is 14.4. The highest BCUT2D eigenvalue weighted by Crippen LogP contribution is 2.28. The molecule has 0 spiro atoms. The summed E-state index contributed by atoms with van der Waals surface area (Å²) < 4.78 is 15.7. The minimum Gasteiger partial charge on any atom is -0.493 e. The van der Waals surface area contributed by atoms with Gasteiger partial charge in [-0.05, 0) is 36.8 Å². The van der Waals surface area contributed by atoms with Crippen molar-refractivity contribution in [2.75, 3.05) is 27.9 Å². The molecule has 6 heteroatoms. The maximum Gasteiger partial charge on any atom is 0.259 e. The molecule has 0 bridgehead atoms. The maximum absolute atomic E-state index is 12.8. The first-order valence-electron chi connectivity index (χ1n) is 7.63. The van der Waals surface area contributed by atoms with Crippen LogP contribution < -0.4 is 14.2 Å². The van der Waals surface area contributed by atoms with Gasteiger partial charge in [-0.3, -0.25) is 4.79 Å². The number of aromatic nitrogens is 1. The number of pyridine rings is 1. The van der Waals surface area contributed by atoms with Crippen LogP contribution in [0.15, 0.2) is 36.5 Å². The van der Waals surface area contributed by atoms with Crippen molar-refractivity contribution >= 4 is 5.91 Å². The van der Waals surface area contributed by atoms with E-state index in [-0.39, 0.29) is 5.91 Å². The predicted molar refractivity (Wildman–Crippen MR) is 90.7 cm³/mol. The molecule has 0 radical (unpaired) electrons. The molecule has 128 valence electrons. The van der Waals surface area contributed by atoms with E-state index in [9.17, 15) is 4.79 Å². The van der Waals surface area contributed by atoms with Gasteiger partial charge in [0.2, 0.25) is 5.88 Å². The third-order valence-corrected chi connectivity index (χ3v) is 3.69. The fourth-order valence-corrected chi connectivity index (χ4v) is 2.41. The topological polar surface area (TPSA) is 60.9 Å². The number of hydrogen-bond donors (Lipinski definition) is 0. The Bertz CT molecular complexity index is 703. The third-order valence-electron chi connectivity index (χ3n) is 3.69. The molecule has 2 aromatic rings. The highest BCUT2D eigenvalue weighted by molar-refractivity contribution is 5.96. The van der Waals surface area contributed by atoms with Gasteiger partial charge in [-0.15, -0.1) is 0 Å². The minimum atomic E-state index is -0.128. The Kier molecular flexibility index (Phi) is 6.01. The largest absolute Gasteiger partial charge is 0.493 e. The molecule has 0 aliphatic rings. The summed E-state index contributed by atoms with van der Waals surface area (Å²) in [5.74, 6) is 1.49. The molecule has 0 aliphatic heterocycles. The Morgan fingerprint density at radius 1 is 1.08 bits per heavy atom. The lowest BCUT2D eigenvalue weighted by molar-refractivity contribution is 0.0748. The lowest BCUT2D eigenvalue weighted by atomic mass is 10.1. The van der Waals surface area contributed by atoms with Crippen molar-refractivity contribution in [3.05, 3.63) is 47.7 Å². The van der Waals surface area contributed by atoms with Gasteiger partial charge >= 0.3 is 0 Å². The van der Waals surface area contributed by atoms with Crippen molar-refractivity contribution in [3.63, 3.8) is 0 Å². The van der Waals surface area contributed by atoms with Crippen LogP contribution in [0.5, 0.6) is 17.4 Å². The van der Waals surface area contributed by atoms with E-state index < -0.39 is 0 Å². The van der Waals surface area contributed by atoms with Crippen LogP contribution in [0.25, 0.3) is 0 Å². The second kappa shape index (κ2) is 8.19. The molecule has 0 N–H and O–H groups in total. The normalized spacial score (nSPS) is 10.2. The molecule has 0 unspecified atom stereocenters. The van der Waals surface area contributed by atoms with Crippen molar-refractivity contribution < 1.29 is 19.0 Å². The lowest BCUT2D eigenvalue weighted by Gasteiger charge is -2.22. The number of carbonyl (C=O) groups is 1. The Hall–Kier alpha value is -2.76. The Morgan fingerprint density at radius 3 is 2.46 bits per heavy atom. The standard InChI is InChI=1S/C18H22N2O4/c1-5-20(18(21)14-7-6-10-19-17(14)24-4)12-13-8-9-15(22-2)16(11-13)23-3/h6-11H,5,12H2,1-4H3. The van der Waals surface area contributed by atoms with Crippen molar-refractivity contribution in [2.24, 2.45) is 0 Å². The maximum atomic E-state index is 12.8. The number of benzene rings is 1. The first kappa shape index (κ1) is 17.6. The third kappa shape index (κ3) is 3.76. The molecule has 0 saturated heterocycles. The van der Waals surface area contributed by atoms with Crippen LogP contribution >= 0.6 is 0 Å². The molecule has 24 heavy (non-hydrogen) atoms. The average molecular weight is 330 g/mol. The molecule has 1 heterocycles. The van der Waals surface area contributed by atoms with E-state index in [1.807, 2.05) is 25.1 Å². The van der Waals surface area contributed by atoms with E-state index in [2.05, 4.69) is 4.98 Å².